The van der Waals surface area contributed by atoms with E-state index in [1.807, 2.05) is 0 Å². The van der Waals surface area contributed by atoms with Crippen LogP contribution in [-0.4, -0.2) is 0 Å². The maximum Gasteiger partial charge on any atom is -0.00477 e. The minimum atomic E-state index is 0.486. The van der Waals surface area contributed by atoms with Gasteiger partial charge in [0.25, 0.3) is 0 Å². The fourth-order valence-electron chi connectivity index (χ4n) is 8.40. The lowest BCUT2D eigenvalue weighted by molar-refractivity contribution is -0.0547. The largest absolute Gasteiger partial charge is 0.0837 e. The van der Waals surface area contributed by atoms with Gasteiger partial charge in [0.15, 0.2) is 0 Å². The third kappa shape index (κ3) is 3.28. The summed E-state index contributed by atoms with van der Waals surface area (Å²) >= 11 is 0. The van der Waals surface area contributed by atoms with Gasteiger partial charge in [-0.2, -0.15) is 0 Å². The predicted octanol–water partition coefficient (Wildman–Crippen LogP) is 8.19. The highest BCUT2D eigenvalue weighted by Gasteiger charge is 2.58. The number of fused-ring (bicyclic) bond motifs is 5. The Morgan fingerprint density at radius 1 is 1.00 bits per heavy atom. The molecule has 152 valence electrons. The van der Waals surface area contributed by atoms with Crippen LogP contribution in [0.3, 0.4) is 0 Å². The summed E-state index contributed by atoms with van der Waals surface area (Å²) in [6.45, 7) is 12.7. The van der Waals surface area contributed by atoms with E-state index in [0.29, 0.717) is 10.8 Å². The molecule has 3 fully saturated rings. The Morgan fingerprint density at radius 2 is 1.81 bits per heavy atom. The number of allylic oxidation sites excluding steroid dienone is 4. The van der Waals surface area contributed by atoms with Crippen LogP contribution < -0.4 is 0 Å². The van der Waals surface area contributed by atoms with Crippen molar-refractivity contribution in [3.8, 4) is 0 Å². The number of hydrogen-bond donors (Lipinski definition) is 0. The van der Waals surface area contributed by atoms with Gasteiger partial charge in [0.1, 0.15) is 0 Å². The zero-order valence-electron chi connectivity index (χ0n) is 18.8. The molecule has 0 aromatic carbocycles. The number of rotatable bonds is 5. The van der Waals surface area contributed by atoms with Crippen LogP contribution in [0.1, 0.15) is 98.8 Å². The summed E-state index contributed by atoms with van der Waals surface area (Å²) in [5.74, 6) is 5.77. The van der Waals surface area contributed by atoms with Gasteiger partial charge in [-0.15, -0.1) is 0 Å². The summed E-state index contributed by atoms with van der Waals surface area (Å²) in [6, 6.07) is 0. The standard InChI is InChI=1S/C27H44/c1-19(2)9-8-10-20(3)23-14-15-24-22-13-12-21-11-6-7-17-26(21,4)25(22)16-18-27(23,24)5/h6-7,11,19-20,22-25H,8-10,12-18H2,1-5H3/t20-,22-,23+,24-,25-,26-,27+/m0/s1. The average molecular weight is 369 g/mol. The first kappa shape index (κ1) is 19.8. The molecular weight excluding hydrogens is 324 g/mol. The van der Waals surface area contributed by atoms with Gasteiger partial charge in [-0.3, -0.25) is 0 Å². The second-order valence-corrected chi connectivity index (χ2v) is 11.7. The molecular formula is C27H44. The van der Waals surface area contributed by atoms with Crippen LogP contribution in [-0.2, 0) is 0 Å². The molecule has 0 saturated heterocycles. The highest BCUT2D eigenvalue weighted by Crippen LogP contribution is 2.67. The van der Waals surface area contributed by atoms with Crippen LogP contribution in [0.4, 0.5) is 0 Å². The van der Waals surface area contributed by atoms with E-state index in [4.69, 9.17) is 0 Å². The topological polar surface area (TPSA) is 0 Å². The Bertz CT molecular complexity index is 595. The average Bonchev–Trinajstić information content (AvgIpc) is 2.98. The van der Waals surface area contributed by atoms with E-state index in [-0.39, 0.29) is 0 Å². The first-order chi connectivity index (χ1) is 12.9. The second-order valence-electron chi connectivity index (χ2n) is 11.7. The highest BCUT2D eigenvalue weighted by atomic mass is 14.6. The SMILES string of the molecule is CC(C)CCC[C@H](C)[C@H]1CC[C@H]2[C@@H]3CCC4=CC=CC[C@]4(C)[C@H]3CC[C@]12C. The fraction of sp³-hybridized carbons (Fsp3) is 0.852. The summed E-state index contributed by atoms with van der Waals surface area (Å²) < 4.78 is 0. The molecule has 0 aromatic heterocycles. The Hall–Kier alpha value is -0.520. The van der Waals surface area contributed by atoms with Crippen molar-refractivity contribution in [1.29, 1.82) is 0 Å². The van der Waals surface area contributed by atoms with Crippen LogP contribution >= 0.6 is 0 Å². The van der Waals surface area contributed by atoms with E-state index in [1.165, 1.54) is 64.2 Å². The molecule has 0 heterocycles. The van der Waals surface area contributed by atoms with Crippen molar-refractivity contribution in [3.63, 3.8) is 0 Å². The first-order valence-electron chi connectivity index (χ1n) is 12.2. The van der Waals surface area contributed by atoms with Gasteiger partial charge in [0.05, 0.1) is 0 Å². The summed E-state index contributed by atoms with van der Waals surface area (Å²) in [7, 11) is 0. The Balaban J connectivity index is 1.48. The van der Waals surface area contributed by atoms with Crippen LogP contribution in [0.15, 0.2) is 23.8 Å². The van der Waals surface area contributed by atoms with Crippen LogP contribution in [0.2, 0.25) is 0 Å². The zero-order chi connectivity index (χ0) is 19.2. The molecule has 4 rings (SSSR count). The fourth-order valence-corrected chi connectivity index (χ4v) is 8.40. The van der Waals surface area contributed by atoms with Crippen molar-refractivity contribution >= 4 is 0 Å². The van der Waals surface area contributed by atoms with Crippen LogP contribution in [0.5, 0.6) is 0 Å². The normalized spacial score (nSPS) is 44.4. The maximum absolute atomic E-state index is 2.72. The molecule has 4 aliphatic rings. The quantitative estimate of drug-likeness (QED) is 0.459. The monoisotopic (exact) mass is 368 g/mol. The van der Waals surface area contributed by atoms with Gasteiger partial charge in [-0.05, 0) is 91.3 Å². The van der Waals surface area contributed by atoms with Gasteiger partial charge >= 0.3 is 0 Å². The highest BCUT2D eigenvalue weighted by molar-refractivity contribution is 5.30. The molecule has 0 aliphatic heterocycles. The third-order valence-electron chi connectivity index (χ3n) is 9.91. The lowest BCUT2D eigenvalue weighted by Crippen LogP contribution is -2.50. The first-order valence-corrected chi connectivity index (χ1v) is 12.2. The van der Waals surface area contributed by atoms with Crippen molar-refractivity contribution in [2.24, 2.45) is 46.3 Å². The van der Waals surface area contributed by atoms with Crippen molar-refractivity contribution in [2.75, 3.05) is 0 Å². The van der Waals surface area contributed by atoms with E-state index in [9.17, 15) is 0 Å². The molecule has 0 radical (unpaired) electrons. The molecule has 7 atom stereocenters. The molecule has 4 aliphatic carbocycles. The summed E-state index contributed by atoms with van der Waals surface area (Å²) in [4.78, 5) is 0. The smallest absolute Gasteiger partial charge is 0.00477 e. The Labute approximate surface area is 169 Å². The lowest BCUT2D eigenvalue weighted by atomic mass is 9.47. The third-order valence-corrected chi connectivity index (χ3v) is 9.91. The van der Waals surface area contributed by atoms with Crippen molar-refractivity contribution in [1.82, 2.24) is 0 Å². The lowest BCUT2D eigenvalue weighted by Gasteiger charge is -2.58. The van der Waals surface area contributed by atoms with Gasteiger partial charge in [-0.1, -0.05) is 77.7 Å². The van der Waals surface area contributed by atoms with E-state index in [0.717, 1.165) is 35.5 Å². The molecule has 0 amide bonds. The molecule has 0 spiro atoms. The van der Waals surface area contributed by atoms with Gasteiger partial charge < -0.3 is 0 Å². The molecule has 0 N–H and O–H groups in total. The minimum Gasteiger partial charge on any atom is -0.0837 e. The summed E-state index contributed by atoms with van der Waals surface area (Å²) in [6.07, 6.45) is 21.8. The van der Waals surface area contributed by atoms with Crippen molar-refractivity contribution in [2.45, 2.75) is 98.8 Å². The molecule has 27 heavy (non-hydrogen) atoms. The minimum absolute atomic E-state index is 0.486. The van der Waals surface area contributed by atoms with Gasteiger partial charge in [-0.25, -0.2) is 0 Å². The van der Waals surface area contributed by atoms with Crippen molar-refractivity contribution < 1.29 is 0 Å². The van der Waals surface area contributed by atoms with Crippen LogP contribution in [0.25, 0.3) is 0 Å². The molecule has 0 heteroatoms. The summed E-state index contributed by atoms with van der Waals surface area (Å²) in [5, 5.41) is 0. The predicted molar refractivity (Wildman–Crippen MR) is 118 cm³/mol. The Morgan fingerprint density at radius 3 is 2.59 bits per heavy atom. The second kappa shape index (κ2) is 7.38. The van der Waals surface area contributed by atoms with E-state index >= 15 is 0 Å². The molecule has 0 nitrogen and oxygen atoms in total. The molecule has 0 unspecified atom stereocenters. The van der Waals surface area contributed by atoms with Crippen LogP contribution in [0, 0.1) is 46.3 Å². The summed E-state index contributed by atoms with van der Waals surface area (Å²) in [5.41, 5.74) is 2.91. The number of hydrogen-bond acceptors (Lipinski definition) is 0. The Kier molecular flexibility index (Phi) is 5.41. The zero-order valence-corrected chi connectivity index (χ0v) is 18.8. The maximum atomic E-state index is 2.72. The van der Waals surface area contributed by atoms with E-state index < -0.39 is 0 Å². The molecule has 0 bridgehead atoms. The van der Waals surface area contributed by atoms with Crippen molar-refractivity contribution in [3.05, 3.63) is 23.8 Å². The molecule has 0 aromatic rings. The van der Waals surface area contributed by atoms with Gasteiger partial charge in [0.2, 0.25) is 0 Å². The van der Waals surface area contributed by atoms with E-state index in [1.54, 1.807) is 5.57 Å². The van der Waals surface area contributed by atoms with E-state index in [2.05, 4.69) is 52.8 Å². The van der Waals surface area contributed by atoms with Gasteiger partial charge in [0, 0.05) is 0 Å². The molecule has 3 saturated carbocycles.